The highest BCUT2D eigenvalue weighted by atomic mass is 19.1. The number of nitrogens with one attached hydrogen (secondary N) is 1. The van der Waals surface area contributed by atoms with Crippen LogP contribution in [0, 0.1) is 17.7 Å². The second-order valence-electron chi connectivity index (χ2n) is 11.7. The van der Waals surface area contributed by atoms with Gasteiger partial charge in [0.2, 0.25) is 0 Å². The Morgan fingerprint density at radius 3 is 1.92 bits per heavy atom. The maximum Gasteiger partial charge on any atom is 0.338 e. The van der Waals surface area contributed by atoms with E-state index < -0.39 is 42.8 Å². The zero-order valence-electron chi connectivity index (χ0n) is 28.1. The third-order valence-electron chi connectivity index (χ3n) is 7.74. The highest BCUT2D eigenvalue weighted by Crippen LogP contribution is 2.22. The Kier molecular flexibility index (Phi) is 18.4. The number of hydrogen-bond donors (Lipinski definition) is 7. The maximum atomic E-state index is 13.9. The fraction of sp³-hybridized carbons (Fsp3) is 0.447. The zero-order valence-corrected chi connectivity index (χ0v) is 28.1. The van der Waals surface area contributed by atoms with Crippen molar-refractivity contribution in [1.82, 2.24) is 5.32 Å². The van der Waals surface area contributed by atoms with Crippen molar-refractivity contribution >= 4 is 11.7 Å². The predicted octanol–water partition coefficient (Wildman–Crippen LogP) is 4.10. The Morgan fingerprint density at radius 1 is 0.812 bits per heavy atom. The summed E-state index contributed by atoms with van der Waals surface area (Å²) in [5.41, 5.74) is 4.79. The number of unbranched alkanes of at least 4 members (excludes halogenated alkanes) is 3. The van der Waals surface area contributed by atoms with Crippen LogP contribution in [0.5, 0.6) is 0 Å². The van der Waals surface area contributed by atoms with Gasteiger partial charge in [0.1, 0.15) is 24.1 Å². The summed E-state index contributed by atoms with van der Waals surface area (Å²) in [6.07, 6.45) is 0.973. The minimum absolute atomic E-state index is 0.0936. The Balaban J connectivity index is 0.000000521. The average molecular weight is 667 g/mol. The van der Waals surface area contributed by atoms with E-state index in [1.165, 1.54) is 17.7 Å². The molecule has 0 spiro atoms. The molecule has 0 saturated carbocycles. The summed E-state index contributed by atoms with van der Waals surface area (Å²) in [5, 5.41) is 56.8. The van der Waals surface area contributed by atoms with Crippen molar-refractivity contribution in [3.63, 3.8) is 0 Å². The number of anilines is 1. The lowest BCUT2D eigenvalue weighted by atomic mass is 10.0. The minimum atomic E-state index is -1.55. The lowest BCUT2D eigenvalue weighted by Crippen LogP contribution is -2.48. The number of likely N-dealkylation sites (N-methyl/N-ethyl adjacent to an activating group) is 1. The van der Waals surface area contributed by atoms with Gasteiger partial charge in [0.15, 0.2) is 0 Å². The summed E-state index contributed by atoms with van der Waals surface area (Å²) in [4.78, 5) is 13.6. The van der Waals surface area contributed by atoms with Crippen molar-refractivity contribution in [2.75, 3.05) is 31.6 Å². The Morgan fingerprint density at radius 2 is 1.40 bits per heavy atom. The van der Waals surface area contributed by atoms with Gasteiger partial charge in [-0.2, -0.15) is 0 Å². The van der Waals surface area contributed by atoms with Gasteiger partial charge in [-0.05, 0) is 73.5 Å². The van der Waals surface area contributed by atoms with E-state index in [4.69, 9.17) is 20.4 Å². The molecular formula is C38H51FN2O7. The molecule has 3 aromatic carbocycles. The number of halogens is 1. The van der Waals surface area contributed by atoms with E-state index in [1.807, 2.05) is 12.1 Å². The molecule has 7 N–H and O–H groups in total. The average Bonchev–Trinajstić information content (AvgIpc) is 3.09. The van der Waals surface area contributed by atoms with Crippen molar-refractivity contribution in [3.8, 4) is 11.8 Å². The number of benzene rings is 3. The number of aliphatic hydroxyl groups is 5. The fourth-order valence-electron chi connectivity index (χ4n) is 4.90. The second-order valence-corrected chi connectivity index (χ2v) is 11.7. The van der Waals surface area contributed by atoms with E-state index >= 15 is 0 Å². The summed E-state index contributed by atoms with van der Waals surface area (Å²) in [7, 11) is 1.57. The highest BCUT2D eigenvalue weighted by molar-refractivity contribution is 5.89. The lowest BCUT2D eigenvalue weighted by Gasteiger charge is -2.25. The van der Waals surface area contributed by atoms with Gasteiger partial charge >= 0.3 is 5.97 Å². The molecule has 3 aromatic rings. The standard InChI is InChI=1S/C31H34FNO2.C7H17NO5/c1-3-5-6-7-21-33(28-19-20-30(32)29(22-28)31(34)35)23-27-17-15-26(16-18-27)14-13-25-11-9-24(8-4-2)10-12-25;1-8-2-4(10)6(12)7(13)5(11)3-9/h9-12,15-20,22H,3-8,21,23H2,1-2H3,(H,34,35);4-13H,2-3H2,1H3/t;4-,5+,6+,7+/m.0/s1. The number of aryl methyl sites for hydroxylation is 1. The summed E-state index contributed by atoms with van der Waals surface area (Å²) in [6.45, 7) is 5.17. The molecule has 0 saturated heterocycles. The smallest absolute Gasteiger partial charge is 0.338 e. The van der Waals surface area contributed by atoms with Gasteiger partial charge in [-0.3, -0.25) is 0 Å². The van der Waals surface area contributed by atoms with Gasteiger partial charge in [-0.15, -0.1) is 0 Å². The van der Waals surface area contributed by atoms with Gasteiger partial charge in [-0.1, -0.05) is 75.6 Å². The van der Waals surface area contributed by atoms with E-state index in [1.54, 1.807) is 13.1 Å². The number of rotatable bonds is 17. The van der Waals surface area contributed by atoms with Gasteiger partial charge in [-0.25, -0.2) is 9.18 Å². The molecule has 9 nitrogen and oxygen atoms in total. The largest absolute Gasteiger partial charge is 0.478 e. The molecule has 0 aliphatic heterocycles. The molecule has 4 atom stereocenters. The number of carboxylic acid groups (broad SMARTS) is 1. The number of carboxylic acids is 1. The van der Waals surface area contributed by atoms with Crippen LogP contribution in [-0.4, -0.2) is 87.8 Å². The topological polar surface area (TPSA) is 154 Å². The van der Waals surface area contributed by atoms with E-state index in [0.29, 0.717) is 6.54 Å². The molecule has 0 fully saturated rings. The van der Waals surface area contributed by atoms with Crippen LogP contribution in [0.1, 0.15) is 78.6 Å². The molecular weight excluding hydrogens is 615 g/mol. The van der Waals surface area contributed by atoms with E-state index in [2.05, 4.69) is 72.3 Å². The molecule has 262 valence electrons. The molecule has 3 rings (SSSR count). The van der Waals surface area contributed by atoms with Crippen LogP contribution in [0.3, 0.4) is 0 Å². The Bertz CT molecular complexity index is 1420. The minimum Gasteiger partial charge on any atom is -0.478 e. The van der Waals surface area contributed by atoms with Crippen LogP contribution in [0.4, 0.5) is 10.1 Å². The monoisotopic (exact) mass is 666 g/mol. The van der Waals surface area contributed by atoms with Crippen molar-refractivity contribution < 1.29 is 39.8 Å². The van der Waals surface area contributed by atoms with Crippen molar-refractivity contribution in [3.05, 3.63) is 100 Å². The van der Waals surface area contributed by atoms with Gasteiger partial charge in [0.05, 0.1) is 18.3 Å². The summed E-state index contributed by atoms with van der Waals surface area (Å²) in [6, 6.07) is 20.9. The third kappa shape index (κ3) is 13.7. The predicted molar refractivity (Wildman–Crippen MR) is 186 cm³/mol. The number of aliphatic hydroxyl groups excluding tert-OH is 5. The third-order valence-corrected chi connectivity index (χ3v) is 7.74. The number of carbonyl (C=O) groups is 1. The molecule has 0 aromatic heterocycles. The van der Waals surface area contributed by atoms with Crippen LogP contribution >= 0.6 is 0 Å². The molecule has 10 heteroatoms. The lowest BCUT2D eigenvalue weighted by molar-refractivity contribution is -0.113. The summed E-state index contributed by atoms with van der Waals surface area (Å²) >= 11 is 0. The molecule has 0 aliphatic carbocycles. The van der Waals surface area contributed by atoms with Crippen LogP contribution < -0.4 is 10.2 Å². The number of nitrogens with zero attached hydrogens (tertiary/aromatic N) is 1. The second kappa shape index (κ2) is 21.9. The SMILES string of the molecule is CCCCCCN(Cc1ccc(C#Cc2ccc(CCC)cc2)cc1)c1ccc(F)c(C(=O)O)c1.CNC[C@H](O)[C@@H](O)[C@H](O)[C@H](O)CO. The van der Waals surface area contributed by atoms with Crippen LogP contribution in [-0.2, 0) is 13.0 Å². The van der Waals surface area contributed by atoms with Crippen LogP contribution in [0.25, 0.3) is 0 Å². The molecule has 0 aliphatic rings. The molecule has 0 amide bonds. The first-order valence-electron chi connectivity index (χ1n) is 16.5. The Labute approximate surface area is 283 Å². The zero-order chi connectivity index (χ0) is 35.5. The quantitative estimate of drug-likeness (QED) is 0.0834. The van der Waals surface area contributed by atoms with E-state index in [0.717, 1.165) is 67.4 Å². The highest BCUT2D eigenvalue weighted by Gasteiger charge is 2.29. The van der Waals surface area contributed by atoms with Crippen LogP contribution in [0.2, 0.25) is 0 Å². The Hall–Kier alpha value is -3.82. The summed E-state index contributed by atoms with van der Waals surface area (Å²) in [5.74, 6) is 4.49. The number of hydrogen-bond acceptors (Lipinski definition) is 8. The molecule has 48 heavy (non-hydrogen) atoms. The molecule has 0 bridgehead atoms. The first-order chi connectivity index (χ1) is 23.0. The van der Waals surface area contributed by atoms with Gasteiger partial charge in [0, 0.05) is 36.4 Å². The fourth-order valence-corrected chi connectivity index (χ4v) is 4.90. The normalized spacial score (nSPS) is 13.3. The summed E-state index contributed by atoms with van der Waals surface area (Å²) < 4.78 is 13.9. The molecule has 0 unspecified atom stereocenters. The van der Waals surface area contributed by atoms with E-state index in [9.17, 15) is 19.4 Å². The van der Waals surface area contributed by atoms with Crippen molar-refractivity contribution in [2.45, 2.75) is 83.3 Å². The van der Waals surface area contributed by atoms with Gasteiger partial charge in [0.25, 0.3) is 0 Å². The van der Waals surface area contributed by atoms with Crippen LogP contribution in [0.15, 0.2) is 66.7 Å². The molecule has 0 heterocycles. The first kappa shape index (κ1) is 40.4. The first-order valence-corrected chi connectivity index (χ1v) is 16.5. The number of aromatic carboxylic acids is 1. The van der Waals surface area contributed by atoms with Gasteiger partial charge < -0.3 is 40.9 Å². The van der Waals surface area contributed by atoms with E-state index in [-0.39, 0.29) is 12.1 Å². The van der Waals surface area contributed by atoms with Crippen molar-refractivity contribution in [1.29, 1.82) is 0 Å². The molecule has 0 radical (unpaired) electrons. The van der Waals surface area contributed by atoms with Crippen molar-refractivity contribution in [2.24, 2.45) is 0 Å². The maximum absolute atomic E-state index is 13.9.